The maximum absolute atomic E-state index is 9.10. The summed E-state index contributed by atoms with van der Waals surface area (Å²) in [6.07, 6.45) is 1.79. The highest BCUT2D eigenvalue weighted by Gasteiger charge is 2.59. The van der Waals surface area contributed by atoms with Crippen molar-refractivity contribution in [1.29, 1.82) is 0 Å². The molecule has 1 saturated carbocycles. The molecule has 2 unspecified atom stereocenters. The standard InChI is InChI=1S/C19H23ClN4O2.C2H2O4/c1-9(2)24-7-12-13(8-24)15(12)19-23-22-18(26-19)11-6-14(20)16(21)10-4-3-5-25-17(10)11;3-1(4)2(5)6/h6,9,12-13,15H,3-5,7-8,21H2,1-2H3;(H,3,4)(H,5,6). The monoisotopic (exact) mass is 464 g/mol. The Kier molecular flexibility index (Phi) is 6.00. The van der Waals surface area contributed by atoms with E-state index in [9.17, 15) is 0 Å². The van der Waals surface area contributed by atoms with Gasteiger partial charge in [-0.3, -0.25) is 0 Å². The van der Waals surface area contributed by atoms with E-state index in [-0.39, 0.29) is 0 Å². The fraction of sp³-hybridized carbons (Fsp3) is 0.524. The van der Waals surface area contributed by atoms with E-state index in [2.05, 4.69) is 28.9 Å². The molecule has 3 aliphatic rings. The van der Waals surface area contributed by atoms with Crippen LogP contribution in [0.2, 0.25) is 5.02 Å². The first kappa shape index (κ1) is 22.3. The minimum Gasteiger partial charge on any atom is -0.492 e. The maximum Gasteiger partial charge on any atom is 0.414 e. The molecule has 172 valence electrons. The fourth-order valence-corrected chi connectivity index (χ4v) is 4.74. The molecule has 0 spiro atoms. The number of nitrogens with zero attached hydrogens (tertiary/aromatic N) is 3. The predicted molar refractivity (Wildman–Crippen MR) is 115 cm³/mol. The number of likely N-dealkylation sites (tertiary alicyclic amines) is 1. The molecule has 2 atom stereocenters. The quantitative estimate of drug-likeness (QED) is 0.456. The summed E-state index contributed by atoms with van der Waals surface area (Å²) in [4.78, 5) is 20.7. The molecule has 1 aromatic carbocycles. The first-order chi connectivity index (χ1) is 15.2. The number of carboxylic acid groups (broad SMARTS) is 2. The number of piperidine rings is 1. The number of carbonyl (C=O) groups is 2. The Bertz CT molecular complexity index is 1030. The summed E-state index contributed by atoms with van der Waals surface area (Å²) in [7, 11) is 0. The summed E-state index contributed by atoms with van der Waals surface area (Å²) in [6, 6.07) is 2.38. The third kappa shape index (κ3) is 4.12. The number of anilines is 1. The van der Waals surface area contributed by atoms with Crippen LogP contribution in [0.1, 0.15) is 37.6 Å². The second-order valence-electron chi connectivity index (χ2n) is 8.54. The summed E-state index contributed by atoms with van der Waals surface area (Å²) in [5.74, 6) is 0.00552. The van der Waals surface area contributed by atoms with Crippen molar-refractivity contribution in [3.05, 3.63) is 22.5 Å². The zero-order chi connectivity index (χ0) is 23.2. The van der Waals surface area contributed by atoms with Crippen LogP contribution in [-0.4, -0.2) is 63.0 Å². The molecule has 2 aliphatic heterocycles. The first-order valence-corrected chi connectivity index (χ1v) is 10.8. The zero-order valence-electron chi connectivity index (χ0n) is 17.7. The number of aromatic nitrogens is 2. The lowest BCUT2D eigenvalue weighted by atomic mass is 10.00. The summed E-state index contributed by atoms with van der Waals surface area (Å²) in [5, 5.41) is 23.9. The Hall–Kier alpha value is -2.85. The van der Waals surface area contributed by atoms with Gasteiger partial charge in [0.1, 0.15) is 5.75 Å². The number of nitrogen functional groups attached to an aromatic ring is 1. The van der Waals surface area contributed by atoms with Gasteiger partial charge < -0.3 is 30.0 Å². The molecule has 10 nitrogen and oxygen atoms in total. The molecule has 1 aromatic heterocycles. The van der Waals surface area contributed by atoms with E-state index in [1.54, 1.807) is 6.07 Å². The normalized spacial score (nSPS) is 23.6. The molecule has 0 amide bonds. The van der Waals surface area contributed by atoms with Crippen molar-refractivity contribution in [3.63, 3.8) is 0 Å². The van der Waals surface area contributed by atoms with Gasteiger partial charge in [0.05, 0.1) is 22.9 Å². The van der Waals surface area contributed by atoms with Crippen LogP contribution in [0.5, 0.6) is 5.75 Å². The highest BCUT2D eigenvalue weighted by molar-refractivity contribution is 6.33. The highest BCUT2D eigenvalue weighted by atomic mass is 35.5. The van der Waals surface area contributed by atoms with Crippen LogP contribution in [0.4, 0.5) is 5.69 Å². The second-order valence-corrected chi connectivity index (χ2v) is 8.94. The lowest BCUT2D eigenvalue weighted by Gasteiger charge is -2.22. The molecule has 1 aliphatic carbocycles. The number of aliphatic carboxylic acids is 2. The number of ether oxygens (including phenoxy) is 1. The van der Waals surface area contributed by atoms with E-state index < -0.39 is 11.9 Å². The SMILES string of the molecule is CC(C)N1CC2C(C1)C2c1nnc(-c2cc(Cl)c(N)c3c2OCCC3)o1.O=C(O)C(=O)O. The van der Waals surface area contributed by atoms with Crippen molar-refractivity contribution in [2.45, 2.75) is 38.6 Å². The molecule has 1 saturated heterocycles. The van der Waals surface area contributed by atoms with Gasteiger partial charge in [-0.15, -0.1) is 10.2 Å². The van der Waals surface area contributed by atoms with Gasteiger partial charge in [0, 0.05) is 30.6 Å². The number of hydrogen-bond acceptors (Lipinski definition) is 8. The van der Waals surface area contributed by atoms with E-state index in [1.807, 2.05) is 0 Å². The number of benzene rings is 1. The molecule has 0 bridgehead atoms. The third-order valence-electron chi connectivity index (χ3n) is 6.28. The molecule has 2 fully saturated rings. The van der Waals surface area contributed by atoms with Crippen LogP contribution in [0, 0.1) is 11.8 Å². The van der Waals surface area contributed by atoms with Crippen LogP contribution in [-0.2, 0) is 16.0 Å². The highest BCUT2D eigenvalue weighted by Crippen LogP contribution is 2.58. The molecule has 0 radical (unpaired) electrons. The molecular weight excluding hydrogens is 440 g/mol. The van der Waals surface area contributed by atoms with Crippen molar-refractivity contribution in [3.8, 4) is 17.2 Å². The number of nitrogens with two attached hydrogens (primary N) is 1. The molecule has 4 N–H and O–H groups in total. The Morgan fingerprint density at radius 1 is 1.22 bits per heavy atom. The van der Waals surface area contributed by atoms with Crippen LogP contribution < -0.4 is 10.5 Å². The minimum absolute atomic E-state index is 0.396. The van der Waals surface area contributed by atoms with E-state index in [0.29, 0.717) is 47.0 Å². The Balaban J connectivity index is 0.000000363. The molecular formula is C21H25ClN4O6. The smallest absolute Gasteiger partial charge is 0.414 e. The molecule has 3 heterocycles. The summed E-state index contributed by atoms with van der Waals surface area (Å²) >= 11 is 6.33. The first-order valence-electron chi connectivity index (χ1n) is 10.5. The van der Waals surface area contributed by atoms with Crippen molar-refractivity contribution in [1.82, 2.24) is 15.1 Å². The summed E-state index contributed by atoms with van der Waals surface area (Å²) in [5.41, 5.74) is 8.43. The van der Waals surface area contributed by atoms with E-state index in [4.69, 9.17) is 46.3 Å². The topological polar surface area (TPSA) is 152 Å². The lowest BCUT2D eigenvalue weighted by Crippen LogP contribution is -2.31. The number of rotatable bonds is 3. The average Bonchev–Trinajstić information content (AvgIpc) is 3.13. The number of fused-ring (bicyclic) bond motifs is 2. The predicted octanol–water partition coefficient (Wildman–Crippen LogP) is 2.51. The second kappa shape index (κ2) is 8.59. The molecule has 11 heteroatoms. The van der Waals surface area contributed by atoms with Gasteiger partial charge in [0.15, 0.2) is 0 Å². The maximum atomic E-state index is 9.10. The van der Waals surface area contributed by atoms with Gasteiger partial charge >= 0.3 is 11.9 Å². The summed E-state index contributed by atoms with van der Waals surface area (Å²) < 4.78 is 11.9. The van der Waals surface area contributed by atoms with Gasteiger partial charge in [-0.1, -0.05) is 11.6 Å². The lowest BCUT2D eigenvalue weighted by molar-refractivity contribution is -0.159. The van der Waals surface area contributed by atoms with Gasteiger partial charge in [-0.2, -0.15) is 0 Å². The van der Waals surface area contributed by atoms with Gasteiger partial charge in [-0.25, -0.2) is 9.59 Å². The van der Waals surface area contributed by atoms with Crippen molar-refractivity contribution in [2.24, 2.45) is 11.8 Å². The summed E-state index contributed by atoms with van der Waals surface area (Å²) in [6.45, 7) is 7.41. The third-order valence-corrected chi connectivity index (χ3v) is 6.59. The van der Waals surface area contributed by atoms with Crippen molar-refractivity contribution in [2.75, 3.05) is 25.4 Å². The molecule has 32 heavy (non-hydrogen) atoms. The van der Waals surface area contributed by atoms with Crippen LogP contribution in [0.25, 0.3) is 11.5 Å². The van der Waals surface area contributed by atoms with Crippen LogP contribution in [0.15, 0.2) is 10.5 Å². The fourth-order valence-electron chi connectivity index (χ4n) is 4.52. The number of hydrogen-bond donors (Lipinski definition) is 3. The van der Waals surface area contributed by atoms with Gasteiger partial charge in [-0.05, 0) is 44.6 Å². The van der Waals surface area contributed by atoms with E-state index >= 15 is 0 Å². The zero-order valence-corrected chi connectivity index (χ0v) is 18.5. The van der Waals surface area contributed by atoms with E-state index in [0.717, 1.165) is 48.7 Å². The Morgan fingerprint density at radius 3 is 2.47 bits per heavy atom. The Morgan fingerprint density at radius 2 is 1.88 bits per heavy atom. The van der Waals surface area contributed by atoms with E-state index in [1.165, 1.54) is 0 Å². The van der Waals surface area contributed by atoms with Crippen LogP contribution in [0.3, 0.4) is 0 Å². The largest absolute Gasteiger partial charge is 0.492 e. The Labute approximate surface area is 189 Å². The van der Waals surface area contributed by atoms with Gasteiger partial charge in [0.25, 0.3) is 5.89 Å². The number of halogens is 1. The van der Waals surface area contributed by atoms with Crippen molar-refractivity contribution >= 4 is 29.2 Å². The molecule has 5 rings (SSSR count). The van der Waals surface area contributed by atoms with Crippen molar-refractivity contribution < 1.29 is 29.0 Å². The molecule has 2 aromatic rings. The van der Waals surface area contributed by atoms with Gasteiger partial charge in [0.2, 0.25) is 5.89 Å². The van der Waals surface area contributed by atoms with Crippen LogP contribution >= 0.6 is 11.6 Å². The minimum atomic E-state index is -1.82. The number of carboxylic acids is 2. The average molecular weight is 465 g/mol.